The van der Waals surface area contributed by atoms with Gasteiger partial charge >= 0.3 is 0 Å². The normalized spacial score (nSPS) is 11.7. The van der Waals surface area contributed by atoms with Gasteiger partial charge < -0.3 is 4.98 Å². The first kappa shape index (κ1) is 17.0. The molecule has 0 fully saturated rings. The quantitative estimate of drug-likeness (QED) is 0.609. The Morgan fingerprint density at radius 2 is 2.09 bits per heavy atom. The molecule has 1 heterocycles. The number of unbranched alkanes of at least 4 members (excludes halogenated alkanes) is 1. The van der Waals surface area contributed by atoms with Crippen molar-refractivity contribution < 1.29 is 8.42 Å². The number of hydrogen-bond donors (Lipinski definition) is 3. The molecular weight excluding hydrogens is 324 g/mol. The molecule has 2 aromatic rings. The predicted molar refractivity (Wildman–Crippen MR) is 86.7 cm³/mol. The molecule has 0 spiro atoms. The van der Waals surface area contributed by atoms with Crippen LogP contribution in [0.15, 0.2) is 36.8 Å². The highest BCUT2D eigenvalue weighted by Gasteiger charge is 2.08. The summed E-state index contributed by atoms with van der Waals surface area (Å²) < 4.78 is 28.6. The lowest BCUT2D eigenvalue weighted by Gasteiger charge is -2.08. The number of aromatic nitrogens is 2. The summed E-state index contributed by atoms with van der Waals surface area (Å²) in [7, 11) is -3.49. The molecule has 0 radical (unpaired) electrons. The minimum absolute atomic E-state index is 0.212. The van der Waals surface area contributed by atoms with Gasteiger partial charge in [-0.1, -0.05) is 23.7 Å². The van der Waals surface area contributed by atoms with Crippen molar-refractivity contribution in [1.29, 1.82) is 0 Å². The molecule has 0 bridgehead atoms. The van der Waals surface area contributed by atoms with Crippen LogP contribution in [0.3, 0.4) is 0 Å². The Morgan fingerprint density at radius 1 is 1.23 bits per heavy atom. The Kier molecular flexibility index (Phi) is 6.38. The van der Waals surface area contributed by atoms with Crippen molar-refractivity contribution in [2.75, 3.05) is 6.54 Å². The lowest BCUT2D eigenvalue weighted by Crippen LogP contribution is -2.36. The van der Waals surface area contributed by atoms with E-state index in [1.165, 1.54) is 0 Å². The Labute approximate surface area is 135 Å². The van der Waals surface area contributed by atoms with E-state index in [4.69, 9.17) is 11.6 Å². The van der Waals surface area contributed by atoms with Crippen LogP contribution in [0.2, 0.25) is 5.02 Å². The lowest BCUT2D eigenvalue weighted by atomic mass is 10.2. The van der Waals surface area contributed by atoms with Gasteiger partial charge in [0.15, 0.2) is 0 Å². The zero-order valence-electron chi connectivity index (χ0n) is 12.0. The molecule has 0 atom stereocenters. The molecule has 6 nitrogen and oxygen atoms in total. The highest BCUT2D eigenvalue weighted by Crippen LogP contribution is 2.10. The van der Waals surface area contributed by atoms with E-state index in [0.717, 1.165) is 30.5 Å². The molecule has 0 aliphatic rings. The van der Waals surface area contributed by atoms with E-state index in [0.29, 0.717) is 11.6 Å². The maximum Gasteiger partial charge on any atom is 0.277 e. The lowest BCUT2D eigenvalue weighted by molar-refractivity contribution is 0.561. The maximum atomic E-state index is 11.8. The molecule has 0 aliphatic carbocycles. The first-order valence-corrected chi connectivity index (χ1v) is 8.87. The number of aromatic amines is 1. The number of hydrogen-bond acceptors (Lipinski definition) is 3. The number of aryl methyl sites for hydroxylation is 1. The van der Waals surface area contributed by atoms with Gasteiger partial charge in [-0.15, -0.1) is 0 Å². The smallest absolute Gasteiger partial charge is 0.277 e. The van der Waals surface area contributed by atoms with E-state index in [-0.39, 0.29) is 6.54 Å². The first-order valence-electron chi connectivity index (χ1n) is 7.01. The van der Waals surface area contributed by atoms with Crippen molar-refractivity contribution in [3.63, 3.8) is 0 Å². The van der Waals surface area contributed by atoms with Gasteiger partial charge in [0.05, 0.1) is 6.33 Å². The molecule has 3 N–H and O–H groups in total. The number of imidazole rings is 1. The standard InChI is InChI=1S/C14H19ClN4O2S/c15-13-5-3-4-12(8-13)9-19-22(20,21)18-7-2-1-6-14-10-16-11-17-14/h3-5,8,10-11,18-19H,1-2,6-7,9H2,(H,16,17). The summed E-state index contributed by atoms with van der Waals surface area (Å²) in [5, 5.41) is 0.587. The van der Waals surface area contributed by atoms with Gasteiger partial charge in [-0.05, 0) is 37.0 Å². The zero-order chi connectivity index (χ0) is 15.8. The van der Waals surface area contributed by atoms with Crippen LogP contribution in [0, 0.1) is 0 Å². The fourth-order valence-electron chi connectivity index (χ4n) is 1.94. The second-order valence-electron chi connectivity index (χ2n) is 4.88. The van der Waals surface area contributed by atoms with Crippen LogP contribution >= 0.6 is 11.6 Å². The second kappa shape index (κ2) is 8.28. The monoisotopic (exact) mass is 342 g/mol. The van der Waals surface area contributed by atoms with Crippen LogP contribution in [0.4, 0.5) is 0 Å². The SMILES string of the molecule is O=S(=O)(NCCCCc1cnc[nH]1)NCc1cccc(Cl)c1. The molecule has 0 amide bonds. The van der Waals surface area contributed by atoms with Gasteiger partial charge in [-0.2, -0.15) is 13.1 Å². The molecule has 22 heavy (non-hydrogen) atoms. The van der Waals surface area contributed by atoms with E-state index in [9.17, 15) is 8.42 Å². The highest BCUT2D eigenvalue weighted by atomic mass is 35.5. The van der Waals surface area contributed by atoms with Gasteiger partial charge in [0.2, 0.25) is 0 Å². The molecular formula is C14H19ClN4O2S. The number of nitrogens with one attached hydrogen (secondary N) is 3. The summed E-state index contributed by atoms with van der Waals surface area (Å²) in [6.07, 6.45) is 5.92. The molecule has 0 saturated heterocycles. The molecule has 2 rings (SSSR count). The van der Waals surface area contributed by atoms with E-state index in [1.54, 1.807) is 30.7 Å². The van der Waals surface area contributed by atoms with E-state index < -0.39 is 10.2 Å². The third-order valence-electron chi connectivity index (χ3n) is 3.08. The fourth-order valence-corrected chi connectivity index (χ4v) is 3.03. The predicted octanol–water partition coefficient (Wildman–Crippen LogP) is 2.01. The van der Waals surface area contributed by atoms with Crippen molar-refractivity contribution in [3.8, 4) is 0 Å². The second-order valence-corrected chi connectivity index (χ2v) is 6.90. The topological polar surface area (TPSA) is 86.9 Å². The Hall–Kier alpha value is -1.41. The molecule has 120 valence electrons. The minimum Gasteiger partial charge on any atom is -0.348 e. The zero-order valence-corrected chi connectivity index (χ0v) is 13.6. The molecule has 0 aliphatic heterocycles. The summed E-state index contributed by atoms with van der Waals surface area (Å²) in [4.78, 5) is 6.95. The largest absolute Gasteiger partial charge is 0.348 e. The Bertz CT molecular complexity index is 674. The summed E-state index contributed by atoms with van der Waals surface area (Å²) in [6, 6.07) is 7.08. The highest BCUT2D eigenvalue weighted by molar-refractivity contribution is 7.87. The van der Waals surface area contributed by atoms with E-state index in [2.05, 4.69) is 19.4 Å². The Morgan fingerprint density at radius 3 is 2.82 bits per heavy atom. The Balaban J connectivity index is 1.65. The van der Waals surface area contributed by atoms with Crippen LogP contribution in [-0.4, -0.2) is 24.9 Å². The van der Waals surface area contributed by atoms with Gasteiger partial charge in [0.25, 0.3) is 10.2 Å². The number of rotatable bonds is 9. The summed E-state index contributed by atoms with van der Waals surface area (Å²) in [5.41, 5.74) is 1.87. The number of nitrogens with zero attached hydrogens (tertiary/aromatic N) is 1. The van der Waals surface area contributed by atoms with Crippen molar-refractivity contribution in [3.05, 3.63) is 53.1 Å². The van der Waals surface area contributed by atoms with Gasteiger partial charge in [0, 0.05) is 30.0 Å². The molecule has 8 heteroatoms. The van der Waals surface area contributed by atoms with Gasteiger partial charge in [-0.25, -0.2) is 9.71 Å². The molecule has 1 aromatic heterocycles. The first-order chi connectivity index (χ1) is 10.6. The van der Waals surface area contributed by atoms with Crippen LogP contribution in [0.1, 0.15) is 24.1 Å². The number of H-pyrrole nitrogens is 1. The summed E-state index contributed by atoms with van der Waals surface area (Å²) in [5.74, 6) is 0. The molecule has 0 saturated carbocycles. The third-order valence-corrected chi connectivity index (χ3v) is 4.42. The number of halogens is 1. The third kappa shape index (κ3) is 6.15. The average Bonchev–Trinajstić information content (AvgIpc) is 2.98. The number of benzene rings is 1. The summed E-state index contributed by atoms with van der Waals surface area (Å²) >= 11 is 5.86. The van der Waals surface area contributed by atoms with Crippen molar-refractivity contribution in [1.82, 2.24) is 19.4 Å². The van der Waals surface area contributed by atoms with Crippen LogP contribution in [-0.2, 0) is 23.2 Å². The molecule has 1 aromatic carbocycles. The van der Waals surface area contributed by atoms with Crippen LogP contribution in [0.25, 0.3) is 0 Å². The summed E-state index contributed by atoms with van der Waals surface area (Å²) in [6.45, 7) is 0.614. The molecule has 0 unspecified atom stereocenters. The minimum atomic E-state index is -3.49. The fraction of sp³-hybridized carbons (Fsp3) is 0.357. The van der Waals surface area contributed by atoms with Gasteiger partial charge in [-0.3, -0.25) is 0 Å². The van der Waals surface area contributed by atoms with Crippen molar-refractivity contribution >= 4 is 21.8 Å². The van der Waals surface area contributed by atoms with Crippen LogP contribution in [0.5, 0.6) is 0 Å². The maximum absolute atomic E-state index is 11.8. The van der Waals surface area contributed by atoms with E-state index in [1.807, 2.05) is 6.07 Å². The average molecular weight is 343 g/mol. The van der Waals surface area contributed by atoms with Crippen molar-refractivity contribution in [2.45, 2.75) is 25.8 Å². The van der Waals surface area contributed by atoms with E-state index >= 15 is 0 Å². The van der Waals surface area contributed by atoms with Gasteiger partial charge in [0.1, 0.15) is 0 Å². The van der Waals surface area contributed by atoms with Crippen LogP contribution < -0.4 is 9.44 Å². The van der Waals surface area contributed by atoms with Crippen molar-refractivity contribution in [2.24, 2.45) is 0 Å².